The molecule has 1 N–H and O–H groups in total. The molecule has 2 aromatic rings. The smallest absolute Gasteiger partial charge is 0.302 e. The number of alkyl halides is 3. The van der Waals surface area contributed by atoms with Gasteiger partial charge in [0.25, 0.3) is 5.91 Å². The van der Waals surface area contributed by atoms with Gasteiger partial charge < -0.3 is 4.57 Å². The molecule has 0 atom stereocenters. The van der Waals surface area contributed by atoms with Crippen LogP contribution in [-0.4, -0.2) is 32.3 Å². The Balaban J connectivity index is 1.86. The fourth-order valence-corrected chi connectivity index (χ4v) is 3.15. The Morgan fingerprint density at radius 2 is 1.71 bits per heavy atom. The highest BCUT2D eigenvalue weighted by Gasteiger charge is 2.37. The summed E-state index contributed by atoms with van der Waals surface area (Å²) in [5.41, 5.74) is 1.37. The molecular formula is C18H21F3N4O2S. The molecule has 1 heterocycles. The van der Waals surface area contributed by atoms with Gasteiger partial charge in [0.15, 0.2) is 5.16 Å². The summed E-state index contributed by atoms with van der Waals surface area (Å²) in [6.07, 6.45) is -4.64. The maximum atomic E-state index is 12.7. The quantitative estimate of drug-likeness (QED) is 0.757. The van der Waals surface area contributed by atoms with Crippen molar-refractivity contribution in [1.82, 2.24) is 20.1 Å². The highest BCUT2D eigenvalue weighted by atomic mass is 32.2. The first kappa shape index (κ1) is 21.9. The number of imide groups is 1. The molecule has 0 unspecified atom stereocenters. The Labute approximate surface area is 164 Å². The van der Waals surface area contributed by atoms with E-state index in [1.807, 2.05) is 12.1 Å². The molecule has 0 spiro atoms. The second-order valence-electron chi connectivity index (χ2n) is 7.17. The molecule has 0 saturated carbocycles. The Bertz CT molecular complexity index is 855. The SMILES string of the molecule is Cn1c(SCCC(=O)NC(=O)c2ccc(C(C)(C)C)cc2)nnc1C(F)(F)F. The number of halogens is 3. The molecule has 2 amide bonds. The average molecular weight is 414 g/mol. The number of thioether (sulfide) groups is 1. The van der Waals surface area contributed by atoms with E-state index in [2.05, 4.69) is 36.3 Å². The Kier molecular flexibility index (Phi) is 6.53. The third kappa shape index (κ3) is 5.57. The lowest BCUT2D eigenvalue weighted by molar-refractivity contribution is -0.147. The molecule has 0 fully saturated rings. The second-order valence-corrected chi connectivity index (χ2v) is 8.23. The first-order valence-electron chi connectivity index (χ1n) is 8.43. The van der Waals surface area contributed by atoms with Crippen molar-refractivity contribution < 1.29 is 22.8 Å². The van der Waals surface area contributed by atoms with Crippen LogP contribution in [0.25, 0.3) is 0 Å². The minimum absolute atomic E-state index is 0.0456. The van der Waals surface area contributed by atoms with Gasteiger partial charge in [-0.3, -0.25) is 14.9 Å². The molecule has 1 aromatic heterocycles. The van der Waals surface area contributed by atoms with Gasteiger partial charge in [-0.25, -0.2) is 0 Å². The fourth-order valence-electron chi connectivity index (χ4n) is 2.31. The number of amides is 2. The first-order valence-corrected chi connectivity index (χ1v) is 9.42. The normalized spacial score (nSPS) is 12.1. The molecule has 28 heavy (non-hydrogen) atoms. The molecular weight excluding hydrogens is 393 g/mol. The lowest BCUT2D eigenvalue weighted by atomic mass is 9.87. The number of benzene rings is 1. The van der Waals surface area contributed by atoms with Crippen LogP contribution < -0.4 is 5.32 Å². The van der Waals surface area contributed by atoms with Crippen LogP contribution in [0.5, 0.6) is 0 Å². The van der Waals surface area contributed by atoms with Crippen molar-refractivity contribution in [3.8, 4) is 0 Å². The van der Waals surface area contributed by atoms with E-state index in [1.54, 1.807) is 12.1 Å². The summed E-state index contributed by atoms with van der Waals surface area (Å²) in [6.45, 7) is 6.16. The van der Waals surface area contributed by atoms with Crippen LogP contribution in [0.15, 0.2) is 29.4 Å². The third-order valence-electron chi connectivity index (χ3n) is 3.91. The van der Waals surface area contributed by atoms with E-state index < -0.39 is 23.8 Å². The minimum atomic E-state index is -4.59. The van der Waals surface area contributed by atoms with Crippen molar-refractivity contribution in [1.29, 1.82) is 0 Å². The highest BCUT2D eigenvalue weighted by molar-refractivity contribution is 7.99. The maximum Gasteiger partial charge on any atom is 0.451 e. The summed E-state index contributed by atoms with van der Waals surface area (Å²) in [4.78, 5) is 24.1. The molecule has 10 heteroatoms. The predicted molar refractivity (Wildman–Crippen MR) is 99.0 cm³/mol. The van der Waals surface area contributed by atoms with Gasteiger partial charge in [0.1, 0.15) is 0 Å². The summed E-state index contributed by atoms with van der Waals surface area (Å²) in [7, 11) is 1.20. The van der Waals surface area contributed by atoms with Crippen molar-refractivity contribution in [2.45, 2.75) is 43.9 Å². The third-order valence-corrected chi connectivity index (χ3v) is 4.94. The van der Waals surface area contributed by atoms with Gasteiger partial charge in [0, 0.05) is 24.8 Å². The van der Waals surface area contributed by atoms with Crippen LogP contribution in [0.2, 0.25) is 0 Å². The average Bonchev–Trinajstić information content (AvgIpc) is 2.95. The van der Waals surface area contributed by atoms with E-state index in [0.717, 1.165) is 21.9 Å². The number of nitrogens with one attached hydrogen (secondary N) is 1. The van der Waals surface area contributed by atoms with Gasteiger partial charge in [0.05, 0.1) is 0 Å². The van der Waals surface area contributed by atoms with Crippen LogP contribution in [0.3, 0.4) is 0 Å². The van der Waals surface area contributed by atoms with Gasteiger partial charge in [-0.15, -0.1) is 10.2 Å². The van der Waals surface area contributed by atoms with Crippen molar-refractivity contribution in [2.24, 2.45) is 7.05 Å². The van der Waals surface area contributed by atoms with E-state index in [0.29, 0.717) is 5.56 Å². The maximum absolute atomic E-state index is 12.7. The monoisotopic (exact) mass is 414 g/mol. The van der Waals surface area contributed by atoms with Crippen LogP contribution >= 0.6 is 11.8 Å². The predicted octanol–water partition coefficient (Wildman–Crippen LogP) is 3.57. The van der Waals surface area contributed by atoms with Gasteiger partial charge in [-0.2, -0.15) is 13.2 Å². The van der Waals surface area contributed by atoms with E-state index in [-0.39, 0.29) is 22.7 Å². The lowest BCUT2D eigenvalue weighted by Crippen LogP contribution is -2.30. The fraction of sp³-hybridized carbons (Fsp3) is 0.444. The molecule has 1 aromatic carbocycles. The number of carbonyl (C=O) groups excluding carboxylic acids is 2. The highest BCUT2D eigenvalue weighted by Crippen LogP contribution is 2.29. The summed E-state index contributed by atoms with van der Waals surface area (Å²) < 4.78 is 38.8. The van der Waals surface area contributed by atoms with Crippen molar-refractivity contribution in [3.63, 3.8) is 0 Å². The van der Waals surface area contributed by atoms with Gasteiger partial charge in [0.2, 0.25) is 11.7 Å². The molecule has 6 nitrogen and oxygen atoms in total. The molecule has 0 saturated heterocycles. The van der Waals surface area contributed by atoms with Gasteiger partial charge in [-0.05, 0) is 23.1 Å². The van der Waals surface area contributed by atoms with Gasteiger partial charge >= 0.3 is 6.18 Å². The number of rotatable bonds is 5. The van der Waals surface area contributed by atoms with E-state index in [4.69, 9.17) is 0 Å². The number of hydrogen-bond acceptors (Lipinski definition) is 5. The van der Waals surface area contributed by atoms with E-state index in [9.17, 15) is 22.8 Å². The summed E-state index contributed by atoms with van der Waals surface area (Å²) in [6, 6.07) is 6.97. The standard InChI is InChI=1S/C18H21F3N4O2S/c1-17(2,3)12-7-5-11(6-8-12)14(27)22-13(26)9-10-28-16-24-23-15(25(16)4)18(19,20)21/h5-8H,9-10H2,1-4H3,(H,22,26,27). The number of aromatic nitrogens is 3. The zero-order valence-electron chi connectivity index (χ0n) is 15.9. The largest absolute Gasteiger partial charge is 0.451 e. The van der Waals surface area contributed by atoms with E-state index >= 15 is 0 Å². The summed E-state index contributed by atoms with van der Waals surface area (Å²) in [5, 5.41) is 8.90. The molecule has 0 aliphatic carbocycles. The number of nitrogens with zero attached hydrogens (tertiary/aromatic N) is 3. The number of hydrogen-bond donors (Lipinski definition) is 1. The molecule has 2 rings (SSSR count). The van der Waals surface area contributed by atoms with Crippen molar-refractivity contribution in [2.75, 3.05) is 5.75 Å². The van der Waals surface area contributed by atoms with E-state index in [1.165, 1.54) is 7.05 Å². The van der Waals surface area contributed by atoms with Gasteiger partial charge in [-0.1, -0.05) is 44.7 Å². The van der Waals surface area contributed by atoms with Crippen LogP contribution in [0.1, 0.15) is 48.9 Å². The molecule has 0 aliphatic rings. The van der Waals surface area contributed by atoms with Crippen LogP contribution in [0.4, 0.5) is 13.2 Å². The Morgan fingerprint density at radius 1 is 1.11 bits per heavy atom. The zero-order chi connectivity index (χ0) is 21.1. The van der Waals surface area contributed by atoms with Crippen molar-refractivity contribution in [3.05, 3.63) is 41.2 Å². The Hall–Kier alpha value is -2.36. The molecule has 0 aliphatic heterocycles. The zero-order valence-corrected chi connectivity index (χ0v) is 16.7. The molecule has 0 bridgehead atoms. The van der Waals surface area contributed by atoms with Crippen LogP contribution in [-0.2, 0) is 23.4 Å². The topological polar surface area (TPSA) is 76.9 Å². The summed E-state index contributed by atoms with van der Waals surface area (Å²) in [5.74, 6) is -1.98. The first-order chi connectivity index (χ1) is 12.9. The minimum Gasteiger partial charge on any atom is -0.302 e. The summed E-state index contributed by atoms with van der Waals surface area (Å²) >= 11 is 0.957. The number of carbonyl (C=O) groups is 2. The molecule has 152 valence electrons. The Morgan fingerprint density at radius 3 is 2.21 bits per heavy atom. The van der Waals surface area contributed by atoms with Crippen molar-refractivity contribution >= 4 is 23.6 Å². The van der Waals surface area contributed by atoms with Crippen LogP contribution in [0, 0.1) is 0 Å². The molecule has 0 radical (unpaired) electrons. The lowest BCUT2D eigenvalue weighted by Gasteiger charge is -2.19. The second kappa shape index (κ2) is 8.34.